The van der Waals surface area contributed by atoms with Crippen molar-refractivity contribution < 1.29 is 4.74 Å². The minimum Gasteiger partial charge on any atom is -0.497 e. The minimum atomic E-state index is 0.584. The molecule has 164 valence electrons. The summed E-state index contributed by atoms with van der Waals surface area (Å²) in [5, 5.41) is 8.03. The van der Waals surface area contributed by atoms with Gasteiger partial charge >= 0.3 is 0 Å². The number of hydrogen-bond donors (Lipinski definition) is 1. The molecule has 0 unspecified atom stereocenters. The Morgan fingerprint density at radius 2 is 1.52 bits per heavy atom. The highest BCUT2D eigenvalue weighted by Gasteiger charge is 2.15. The Bertz CT molecular complexity index is 1400. The lowest BCUT2D eigenvalue weighted by molar-refractivity contribution is 0.415. The topological polar surface area (TPSA) is 50.3 Å². The zero-order valence-electron chi connectivity index (χ0n) is 18.0. The summed E-state index contributed by atoms with van der Waals surface area (Å²) in [5.41, 5.74) is 5.31. The molecular formula is C25H20N4OS3. The number of ether oxygens (including phenoxy) is 1. The van der Waals surface area contributed by atoms with Crippen molar-refractivity contribution in [1.82, 2.24) is 9.97 Å². The van der Waals surface area contributed by atoms with Crippen LogP contribution in [0.25, 0.3) is 32.2 Å². The lowest BCUT2D eigenvalue weighted by Gasteiger charge is -2.21. The van der Waals surface area contributed by atoms with Gasteiger partial charge in [0.2, 0.25) is 0 Å². The van der Waals surface area contributed by atoms with Crippen molar-refractivity contribution in [2.75, 3.05) is 24.4 Å². The molecule has 3 aromatic heterocycles. The van der Waals surface area contributed by atoms with Crippen molar-refractivity contribution in [1.29, 1.82) is 0 Å². The second-order valence-corrected chi connectivity index (χ2v) is 9.55. The summed E-state index contributed by atoms with van der Waals surface area (Å²) in [6, 6.07) is 22.0. The average molecular weight is 489 g/mol. The molecule has 5 aromatic rings. The van der Waals surface area contributed by atoms with E-state index in [1.807, 2.05) is 66.5 Å². The molecule has 3 heterocycles. The molecule has 0 amide bonds. The summed E-state index contributed by atoms with van der Waals surface area (Å²) in [6.07, 6.45) is 0. The Morgan fingerprint density at radius 3 is 2.09 bits per heavy atom. The lowest BCUT2D eigenvalue weighted by Crippen LogP contribution is -2.30. The van der Waals surface area contributed by atoms with Gasteiger partial charge in [-0.05, 0) is 77.6 Å². The van der Waals surface area contributed by atoms with Crippen molar-refractivity contribution >= 4 is 62.4 Å². The van der Waals surface area contributed by atoms with Crippen LogP contribution in [-0.4, -0.2) is 29.2 Å². The molecular weight excluding hydrogens is 469 g/mol. The maximum absolute atomic E-state index is 5.64. The molecule has 0 aliphatic rings. The molecule has 0 saturated heterocycles. The van der Waals surface area contributed by atoms with E-state index in [2.05, 4.69) is 28.2 Å². The summed E-state index contributed by atoms with van der Waals surface area (Å²) in [7, 11) is 3.58. The SMILES string of the molecule is COc1ccc(N(C)C(=S)Nc2ccc3nc(-c4cccs4)c(-c4cccs4)nc3c2)cc1. The molecule has 1 N–H and O–H groups in total. The van der Waals surface area contributed by atoms with Crippen molar-refractivity contribution in [3.63, 3.8) is 0 Å². The third-order valence-corrected chi connectivity index (χ3v) is 7.32. The molecule has 8 heteroatoms. The molecule has 0 spiro atoms. The van der Waals surface area contributed by atoms with Gasteiger partial charge in [-0.15, -0.1) is 22.7 Å². The van der Waals surface area contributed by atoms with E-state index < -0.39 is 0 Å². The maximum Gasteiger partial charge on any atom is 0.177 e. The second kappa shape index (κ2) is 9.27. The molecule has 0 fully saturated rings. The number of hydrogen-bond acceptors (Lipinski definition) is 6. The summed E-state index contributed by atoms with van der Waals surface area (Å²) >= 11 is 8.98. The predicted octanol–water partition coefficient (Wildman–Crippen LogP) is 6.93. The highest BCUT2D eigenvalue weighted by atomic mass is 32.1. The van der Waals surface area contributed by atoms with E-state index in [1.54, 1.807) is 29.8 Å². The molecule has 0 aliphatic carbocycles. The van der Waals surface area contributed by atoms with Gasteiger partial charge in [0, 0.05) is 18.4 Å². The van der Waals surface area contributed by atoms with Gasteiger partial charge in [-0.1, -0.05) is 12.1 Å². The molecule has 0 aliphatic heterocycles. The van der Waals surface area contributed by atoms with E-state index in [0.29, 0.717) is 5.11 Å². The Kier molecular flexibility index (Phi) is 6.04. The summed E-state index contributed by atoms with van der Waals surface area (Å²) in [4.78, 5) is 14.1. The van der Waals surface area contributed by atoms with Crippen molar-refractivity contribution in [2.45, 2.75) is 0 Å². The van der Waals surface area contributed by atoms with Gasteiger partial charge in [0.05, 0.1) is 27.9 Å². The van der Waals surface area contributed by atoms with Crippen LogP contribution < -0.4 is 15.0 Å². The molecule has 0 radical (unpaired) electrons. The van der Waals surface area contributed by atoms with E-state index in [4.69, 9.17) is 26.9 Å². The summed E-state index contributed by atoms with van der Waals surface area (Å²) < 4.78 is 5.24. The number of methoxy groups -OCH3 is 1. The van der Waals surface area contributed by atoms with Gasteiger partial charge in [0.25, 0.3) is 0 Å². The normalized spacial score (nSPS) is 10.8. The lowest BCUT2D eigenvalue weighted by atomic mass is 10.2. The maximum atomic E-state index is 5.64. The van der Waals surface area contributed by atoms with E-state index in [-0.39, 0.29) is 0 Å². The second-order valence-electron chi connectivity index (χ2n) is 7.27. The average Bonchev–Trinajstić information content (AvgIpc) is 3.57. The number of thiophene rings is 2. The molecule has 0 saturated carbocycles. The number of rotatable bonds is 5. The zero-order valence-corrected chi connectivity index (χ0v) is 20.4. The van der Waals surface area contributed by atoms with Crippen LogP contribution in [0.3, 0.4) is 0 Å². The highest BCUT2D eigenvalue weighted by Crippen LogP contribution is 2.35. The quantitative estimate of drug-likeness (QED) is 0.271. The standard InChI is InChI=1S/C25H20N4OS3/c1-29(17-8-10-18(30-2)11-9-17)25(31)26-16-7-12-19-20(15-16)28-24(22-6-4-14-33-22)23(27-19)21-5-3-13-32-21/h3-15H,1-2H3,(H,26,31). The van der Waals surface area contributed by atoms with E-state index in [0.717, 1.165) is 49.3 Å². The first-order valence-corrected chi connectivity index (χ1v) is 12.4. The Hall–Kier alpha value is -3.33. The number of aromatic nitrogens is 2. The van der Waals surface area contributed by atoms with Crippen molar-refractivity contribution in [2.24, 2.45) is 0 Å². The first-order valence-electron chi connectivity index (χ1n) is 10.2. The fraction of sp³-hybridized carbons (Fsp3) is 0.0800. The third kappa shape index (κ3) is 4.45. The zero-order chi connectivity index (χ0) is 22.8. The smallest absolute Gasteiger partial charge is 0.177 e. The van der Waals surface area contributed by atoms with Gasteiger partial charge < -0.3 is 15.0 Å². The molecule has 2 aromatic carbocycles. The van der Waals surface area contributed by atoms with Crippen LogP contribution in [0.5, 0.6) is 5.75 Å². The van der Waals surface area contributed by atoms with Gasteiger partial charge in [0.1, 0.15) is 17.1 Å². The first kappa shape index (κ1) is 21.5. The van der Waals surface area contributed by atoms with Gasteiger partial charge in [-0.25, -0.2) is 9.97 Å². The molecule has 5 rings (SSSR count). The van der Waals surface area contributed by atoms with Crippen LogP contribution in [0.2, 0.25) is 0 Å². The van der Waals surface area contributed by atoms with Crippen LogP contribution in [0.4, 0.5) is 11.4 Å². The number of benzene rings is 2. The van der Waals surface area contributed by atoms with Gasteiger partial charge in [-0.3, -0.25) is 0 Å². The van der Waals surface area contributed by atoms with Crippen LogP contribution in [0.15, 0.2) is 77.5 Å². The fourth-order valence-electron chi connectivity index (χ4n) is 3.43. The van der Waals surface area contributed by atoms with E-state index in [9.17, 15) is 0 Å². The summed E-state index contributed by atoms with van der Waals surface area (Å²) in [5.74, 6) is 0.808. The fourth-order valence-corrected chi connectivity index (χ4v) is 5.09. The largest absolute Gasteiger partial charge is 0.497 e. The van der Waals surface area contributed by atoms with Crippen LogP contribution in [-0.2, 0) is 0 Å². The molecule has 0 bridgehead atoms. The number of thiocarbonyl (C=S) groups is 1. The third-order valence-electron chi connectivity index (χ3n) is 5.19. The molecule has 0 atom stereocenters. The van der Waals surface area contributed by atoms with Gasteiger partial charge in [0.15, 0.2) is 5.11 Å². The Labute approximate surface area is 205 Å². The van der Waals surface area contributed by atoms with E-state index in [1.165, 1.54) is 0 Å². The number of anilines is 2. The van der Waals surface area contributed by atoms with Crippen LogP contribution >= 0.6 is 34.9 Å². The number of nitrogens with zero attached hydrogens (tertiary/aromatic N) is 3. The first-order chi connectivity index (χ1) is 16.1. The van der Waals surface area contributed by atoms with Gasteiger partial charge in [-0.2, -0.15) is 0 Å². The summed E-state index contributed by atoms with van der Waals surface area (Å²) in [6.45, 7) is 0. The Morgan fingerprint density at radius 1 is 0.879 bits per heavy atom. The monoisotopic (exact) mass is 488 g/mol. The molecule has 5 nitrogen and oxygen atoms in total. The van der Waals surface area contributed by atoms with Crippen LogP contribution in [0, 0.1) is 0 Å². The van der Waals surface area contributed by atoms with Crippen molar-refractivity contribution in [3.8, 4) is 26.9 Å². The van der Waals surface area contributed by atoms with Crippen LogP contribution in [0.1, 0.15) is 0 Å². The number of fused-ring (bicyclic) bond motifs is 1. The minimum absolute atomic E-state index is 0.584. The Balaban J connectivity index is 1.46. The van der Waals surface area contributed by atoms with E-state index >= 15 is 0 Å². The highest BCUT2D eigenvalue weighted by molar-refractivity contribution is 7.80. The number of nitrogens with one attached hydrogen (secondary N) is 1. The molecule has 33 heavy (non-hydrogen) atoms. The van der Waals surface area contributed by atoms with Crippen molar-refractivity contribution in [3.05, 3.63) is 77.5 Å². The predicted molar refractivity (Wildman–Crippen MR) is 144 cm³/mol.